The fraction of sp³-hybridized carbons (Fsp3) is 0.529. The molecule has 0 radical (unpaired) electrons. The molecule has 0 saturated heterocycles. The average Bonchev–Trinajstić information content (AvgIpc) is 2.49. The Morgan fingerprint density at radius 1 is 1.17 bits per heavy atom. The van der Waals surface area contributed by atoms with Crippen LogP contribution in [0.4, 0.5) is 11.4 Å². The van der Waals surface area contributed by atoms with E-state index in [2.05, 4.69) is 16.0 Å². The maximum absolute atomic E-state index is 12.0. The number of anilines is 2. The van der Waals surface area contributed by atoms with E-state index >= 15 is 0 Å². The molecule has 1 aromatic rings. The van der Waals surface area contributed by atoms with E-state index in [4.69, 9.17) is 4.74 Å². The third kappa shape index (κ3) is 7.65. The number of nitrogens with one attached hydrogen (secondary N) is 3. The number of carbonyl (C=O) groups excluding carboxylic acids is 2. The highest BCUT2D eigenvalue weighted by molar-refractivity contribution is 5.95. The number of amides is 2. The predicted molar refractivity (Wildman–Crippen MR) is 92.5 cm³/mol. The van der Waals surface area contributed by atoms with Crippen molar-refractivity contribution in [1.82, 2.24) is 5.32 Å². The molecule has 1 aromatic carbocycles. The molecule has 0 bridgehead atoms. The second-order valence-corrected chi connectivity index (χ2v) is 6.33. The molecule has 23 heavy (non-hydrogen) atoms. The summed E-state index contributed by atoms with van der Waals surface area (Å²) in [6.45, 7) is 6.98. The van der Waals surface area contributed by atoms with Crippen molar-refractivity contribution >= 4 is 23.2 Å². The number of hydrogen-bond acceptors (Lipinski definition) is 4. The number of hydrogen-bond donors (Lipinski definition) is 3. The van der Waals surface area contributed by atoms with Crippen LogP contribution in [0.1, 0.15) is 27.2 Å². The molecule has 0 atom stereocenters. The number of methoxy groups -OCH3 is 1. The molecule has 0 saturated carbocycles. The van der Waals surface area contributed by atoms with E-state index in [1.807, 2.05) is 45.0 Å². The molecule has 6 heteroatoms. The topological polar surface area (TPSA) is 79.5 Å². The SMILES string of the molecule is COCCCNC(=O)CNc1cccc(NC(=O)C(C)(C)C)c1. The Morgan fingerprint density at radius 3 is 2.52 bits per heavy atom. The largest absolute Gasteiger partial charge is 0.385 e. The summed E-state index contributed by atoms with van der Waals surface area (Å²) in [7, 11) is 1.63. The van der Waals surface area contributed by atoms with Gasteiger partial charge in [0.05, 0.1) is 6.54 Å². The number of benzene rings is 1. The number of ether oxygens (including phenoxy) is 1. The zero-order valence-electron chi connectivity index (χ0n) is 14.4. The van der Waals surface area contributed by atoms with Gasteiger partial charge in [-0.2, -0.15) is 0 Å². The summed E-state index contributed by atoms with van der Waals surface area (Å²) < 4.78 is 4.92. The molecule has 0 unspecified atom stereocenters. The monoisotopic (exact) mass is 321 g/mol. The van der Waals surface area contributed by atoms with E-state index in [-0.39, 0.29) is 18.4 Å². The van der Waals surface area contributed by atoms with Gasteiger partial charge >= 0.3 is 0 Å². The minimum absolute atomic E-state index is 0.0504. The zero-order chi connectivity index (χ0) is 17.3. The lowest BCUT2D eigenvalue weighted by molar-refractivity contribution is -0.123. The van der Waals surface area contributed by atoms with E-state index < -0.39 is 5.41 Å². The summed E-state index contributed by atoms with van der Waals surface area (Å²) in [5.41, 5.74) is 1.03. The van der Waals surface area contributed by atoms with Gasteiger partial charge in [0, 0.05) is 37.1 Å². The first-order chi connectivity index (χ1) is 10.8. The van der Waals surface area contributed by atoms with Crippen LogP contribution < -0.4 is 16.0 Å². The summed E-state index contributed by atoms with van der Waals surface area (Å²) in [6.07, 6.45) is 0.788. The third-order valence-electron chi connectivity index (χ3n) is 3.10. The fourth-order valence-corrected chi connectivity index (χ4v) is 1.71. The lowest BCUT2D eigenvalue weighted by Crippen LogP contribution is -2.31. The van der Waals surface area contributed by atoms with Gasteiger partial charge in [0.1, 0.15) is 0 Å². The summed E-state index contributed by atoms with van der Waals surface area (Å²) in [5.74, 6) is -0.129. The van der Waals surface area contributed by atoms with Crippen molar-refractivity contribution in [3.8, 4) is 0 Å². The van der Waals surface area contributed by atoms with E-state index in [0.29, 0.717) is 18.8 Å². The fourth-order valence-electron chi connectivity index (χ4n) is 1.71. The van der Waals surface area contributed by atoms with Crippen LogP contribution >= 0.6 is 0 Å². The first kappa shape index (κ1) is 19.0. The summed E-state index contributed by atoms with van der Waals surface area (Å²) in [4.78, 5) is 23.7. The maximum Gasteiger partial charge on any atom is 0.239 e. The van der Waals surface area contributed by atoms with Gasteiger partial charge in [0.15, 0.2) is 0 Å². The highest BCUT2D eigenvalue weighted by Crippen LogP contribution is 2.19. The van der Waals surface area contributed by atoms with Gasteiger partial charge in [0.2, 0.25) is 11.8 Å². The van der Waals surface area contributed by atoms with Gasteiger partial charge in [-0.25, -0.2) is 0 Å². The molecule has 1 rings (SSSR count). The standard InChI is InChI=1S/C17H27N3O3/c1-17(2,3)16(22)20-14-8-5-7-13(11-14)19-12-15(21)18-9-6-10-23-4/h5,7-8,11,19H,6,9-10,12H2,1-4H3,(H,18,21)(H,20,22). The van der Waals surface area contributed by atoms with Crippen molar-refractivity contribution in [1.29, 1.82) is 0 Å². The Kier molecular flexibility index (Phi) is 7.54. The quantitative estimate of drug-likeness (QED) is 0.642. The predicted octanol–water partition coefficient (Wildman–Crippen LogP) is 2.24. The minimum atomic E-state index is -0.453. The molecule has 6 nitrogen and oxygen atoms in total. The zero-order valence-corrected chi connectivity index (χ0v) is 14.4. The van der Waals surface area contributed by atoms with Crippen molar-refractivity contribution in [2.24, 2.45) is 5.41 Å². The van der Waals surface area contributed by atoms with Crippen LogP contribution in [0.3, 0.4) is 0 Å². The van der Waals surface area contributed by atoms with E-state index in [9.17, 15) is 9.59 Å². The first-order valence-electron chi connectivity index (χ1n) is 7.74. The molecule has 0 aromatic heterocycles. The van der Waals surface area contributed by atoms with Crippen molar-refractivity contribution < 1.29 is 14.3 Å². The van der Waals surface area contributed by atoms with Crippen LogP contribution in [0.2, 0.25) is 0 Å². The lowest BCUT2D eigenvalue weighted by atomic mass is 9.95. The summed E-state index contributed by atoms with van der Waals surface area (Å²) in [6, 6.07) is 7.31. The highest BCUT2D eigenvalue weighted by Gasteiger charge is 2.21. The normalized spacial score (nSPS) is 11.0. The van der Waals surface area contributed by atoms with Crippen LogP contribution in [0.15, 0.2) is 24.3 Å². The van der Waals surface area contributed by atoms with E-state index in [1.54, 1.807) is 7.11 Å². The van der Waals surface area contributed by atoms with Crippen molar-refractivity contribution in [2.75, 3.05) is 37.4 Å². The minimum Gasteiger partial charge on any atom is -0.385 e. The molecular formula is C17H27N3O3. The van der Waals surface area contributed by atoms with Crippen LogP contribution in [-0.4, -0.2) is 38.6 Å². The molecule has 2 amide bonds. The van der Waals surface area contributed by atoms with Gasteiger partial charge < -0.3 is 20.7 Å². The molecule has 0 aliphatic heterocycles. The Morgan fingerprint density at radius 2 is 1.87 bits per heavy atom. The molecule has 3 N–H and O–H groups in total. The highest BCUT2D eigenvalue weighted by atomic mass is 16.5. The Bertz CT molecular complexity index is 524. The summed E-state index contributed by atoms with van der Waals surface area (Å²) in [5, 5.41) is 8.71. The second-order valence-electron chi connectivity index (χ2n) is 6.33. The number of rotatable bonds is 8. The number of carbonyl (C=O) groups is 2. The first-order valence-corrected chi connectivity index (χ1v) is 7.74. The van der Waals surface area contributed by atoms with Gasteiger partial charge in [-0.15, -0.1) is 0 Å². The molecular weight excluding hydrogens is 294 g/mol. The smallest absolute Gasteiger partial charge is 0.239 e. The lowest BCUT2D eigenvalue weighted by Gasteiger charge is -2.18. The van der Waals surface area contributed by atoms with E-state index in [1.165, 1.54) is 0 Å². The van der Waals surface area contributed by atoms with Crippen LogP contribution in [0, 0.1) is 5.41 Å². The van der Waals surface area contributed by atoms with Gasteiger partial charge in [-0.1, -0.05) is 26.8 Å². The van der Waals surface area contributed by atoms with Crippen molar-refractivity contribution in [3.05, 3.63) is 24.3 Å². The van der Waals surface area contributed by atoms with Gasteiger partial charge in [-0.05, 0) is 24.6 Å². The molecule has 0 aliphatic carbocycles. The Labute approximate surface area is 138 Å². The second kappa shape index (κ2) is 9.15. The van der Waals surface area contributed by atoms with E-state index in [0.717, 1.165) is 12.1 Å². The molecule has 128 valence electrons. The molecule has 0 heterocycles. The third-order valence-corrected chi connectivity index (χ3v) is 3.10. The van der Waals surface area contributed by atoms with Crippen LogP contribution in [0.25, 0.3) is 0 Å². The van der Waals surface area contributed by atoms with Crippen LogP contribution in [-0.2, 0) is 14.3 Å². The van der Waals surface area contributed by atoms with Crippen molar-refractivity contribution in [3.63, 3.8) is 0 Å². The Balaban J connectivity index is 2.45. The van der Waals surface area contributed by atoms with Gasteiger partial charge in [0.25, 0.3) is 0 Å². The van der Waals surface area contributed by atoms with Crippen LogP contribution in [0.5, 0.6) is 0 Å². The van der Waals surface area contributed by atoms with Gasteiger partial charge in [-0.3, -0.25) is 9.59 Å². The summed E-state index contributed by atoms with van der Waals surface area (Å²) >= 11 is 0. The Hall–Kier alpha value is -2.08. The molecule has 0 aliphatic rings. The van der Waals surface area contributed by atoms with Crippen molar-refractivity contribution in [2.45, 2.75) is 27.2 Å². The molecule has 0 fully saturated rings. The average molecular weight is 321 g/mol. The molecule has 0 spiro atoms. The maximum atomic E-state index is 12.0.